The molecule has 1 atom stereocenters. The van der Waals surface area contributed by atoms with Gasteiger partial charge in [0.15, 0.2) is 0 Å². The number of hydrogen-bond donors (Lipinski definition) is 0. The normalized spacial score (nSPS) is 15.9. The van der Waals surface area contributed by atoms with Gasteiger partial charge in [-0.05, 0) is 101 Å². The van der Waals surface area contributed by atoms with Crippen LogP contribution in [0.5, 0.6) is 0 Å². The average molecular weight is 822 g/mol. The number of allylic oxidation sites excluding steroid dienone is 9. The molecule has 0 saturated carbocycles. The predicted octanol–water partition coefficient (Wildman–Crippen LogP) is 14.4. The Balaban J connectivity index is 0.847. The van der Waals surface area contributed by atoms with Crippen LogP contribution in [0.4, 0.5) is 0 Å². The molecule has 0 spiro atoms. The Hall–Kier alpha value is -8.15. The highest BCUT2D eigenvalue weighted by atomic mass is 15.1. The van der Waals surface area contributed by atoms with Crippen molar-refractivity contribution in [2.45, 2.75) is 19.3 Å². The Morgan fingerprint density at radius 3 is 1.52 bits per heavy atom. The van der Waals surface area contributed by atoms with Crippen molar-refractivity contribution in [2.75, 3.05) is 0 Å². The third kappa shape index (κ3) is 6.79. The van der Waals surface area contributed by atoms with Crippen molar-refractivity contribution >= 4 is 33.4 Å². The largest absolute Gasteiger partial charge is 0.292 e. The molecule has 64 heavy (non-hydrogen) atoms. The van der Waals surface area contributed by atoms with E-state index in [2.05, 4.69) is 222 Å². The summed E-state index contributed by atoms with van der Waals surface area (Å²) in [7, 11) is 0. The molecule has 5 heteroatoms. The number of rotatable bonds is 8. The molecule has 3 heterocycles. The lowest BCUT2D eigenvalue weighted by Gasteiger charge is -2.27. The minimum absolute atomic E-state index is 0.292. The van der Waals surface area contributed by atoms with Crippen molar-refractivity contribution in [1.29, 1.82) is 0 Å². The molecule has 0 saturated heterocycles. The molecule has 5 nitrogen and oxygen atoms in total. The van der Waals surface area contributed by atoms with Gasteiger partial charge in [0.25, 0.3) is 0 Å². The van der Waals surface area contributed by atoms with Crippen LogP contribution in [-0.4, -0.2) is 24.8 Å². The monoisotopic (exact) mass is 821 g/mol. The smallest absolute Gasteiger partial charge is 0.145 e. The van der Waals surface area contributed by atoms with E-state index in [4.69, 9.17) is 15.0 Å². The fourth-order valence-corrected chi connectivity index (χ4v) is 9.57. The maximum Gasteiger partial charge on any atom is 0.145 e. The number of aliphatic imine (C=N–C) groups is 1. The van der Waals surface area contributed by atoms with Crippen LogP contribution in [0, 0.1) is 5.92 Å². The Bertz CT molecular complexity index is 3420. The topological polar surface area (TPSA) is 48.0 Å². The Morgan fingerprint density at radius 1 is 0.438 bits per heavy atom. The minimum atomic E-state index is 0.292. The van der Waals surface area contributed by atoms with Gasteiger partial charge >= 0.3 is 0 Å². The molecule has 1 unspecified atom stereocenters. The molecule has 12 rings (SSSR count). The van der Waals surface area contributed by atoms with Crippen molar-refractivity contribution in [3.8, 4) is 45.3 Å². The molecule has 2 aliphatic carbocycles. The summed E-state index contributed by atoms with van der Waals surface area (Å²) >= 11 is 0. The standard InChI is InChI=1S/C59H43N5/c1-5-15-44(16-6-1)58-61-53-37-46(33-35-55(53)63(58)49-20-9-3-10-21-49)40-25-29-42(30-26-40)52-39-48-19-13-14-24-51(48)57(60-52)43-31-27-41(28-32-43)47-34-36-56-54(38-47)62-59(45-17-7-2-8-18-45)64(56)50-22-11-4-12-23-50/h1-18,20-25,27-29,31-39,48H,19,26,30H2. The van der Waals surface area contributed by atoms with Gasteiger partial charge in [-0.2, -0.15) is 0 Å². The molecular weight excluding hydrogens is 779 g/mol. The summed E-state index contributed by atoms with van der Waals surface area (Å²) in [5, 5.41) is 0. The highest BCUT2D eigenvalue weighted by Crippen LogP contribution is 2.39. The van der Waals surface area contributed by atoms with Crippen LogP contribution in [0.3, 0.4) is 0 Å². The van der Waals surface area contributed by atoms with Crippen LogP contribution in [0.15, 0.2) is 240 Å². The first-order chi connectivity index (χ1) is 31.7. The molecule has 7 aromatic carbocycles. The zero-order valence-electron chi connectivity index (χ0n) is 35.2. The number of benzene rings is 7. The molecule has 0 fully saturated rings. The van der Waals surface area contributed by atoms with Crippen LogP contribution in [0.25, 0.3) is 72.9 Å². The predicted molar refractivity (Wildman–Crippen MR) is 264 cm³/mol. The Morgan fingerprint density at radius 2 is 0.938 bits per heavy atom. The van der Waals surface area contributed by atoms with Gasteiger partial charge in [-0.3, -0.25) is 9.13 Å². The summed E-state index contributed by atoms with van der Waals surface area (Å²) in [4.78, 5) is 15.9. The molecule has 0 radical (unpaired) electrons. The van der Waals surface area contributed by atoms with E-state index < -0.39 is 0 Å². The first-order valence-corrected chi connectivity index (χ1v) is 22.2. The summed E-state index contributed by atoms with van der Waals surface area (Å²) in [6.45, 7) is 0. The first kappa shape index (κ1) is 37.6. The second kappa shape index (κ2) is 16.0. The molecule has 3 aliphatic rings. The van der Waals surface area contributed by atoms with E-state index in [0.717, 1.165) is 104 Å². The van der Waals surface area contributed by atoms with Gasteiger partial charge in [-0.25, -0.2) is 15.0 Å². The highest BCUT2D eigenvalue weighted by molar-refractivity contribution is 6.15. The molecule has 0 bridgehead atoms. The second-order valence-corrected chi connectivity index (χ2v) is 16.7. The van der Waals surface area contributed by atoms with E-state index in [1.807, 2.05) is 6.07 Å². The number of imidazole rings is 2. The Labute approximate surface area is 372 Å². The molecule has 304 valence electrons. The van der Waals surface area contributed by atoms with Crippen LogP contribution >= 0.6 is 0 Å². The summed E-state index contributed by atoms with van der Waals surface area (Å²) in [6.07, 6.45) is 16.5. The lowest BCUT2D eigenvalue weighted by atomic mass is 9.81. The van der Waals surface area contributed by atoms with Crippen LogP contribution in [0.1, 0.15) is 30.4 Å². The maximum absolute atomic E-state index is 5.43. The molecule has 9 aromatic rings. The minimum Gasteiger partial charge on any atom is -0.292 e. The summed E-state index contributed by atoms with van der Waals surface area (Å²) in [5.74, 6) is 2.17. The summed E-state index contributed by atoms with van der Waals surface area (Å²) < 4.78 is 4.53. The van der Waals surface area contributed by atoms with Crippen molar-refractivity contribution < 1.29 is 0 Å². The van der Waals surface area contributed by atoms with Crippen molar-refractivity contribution in [3.05, 3.63) is 246 Å². The first-order valence-electron chi connectivity index (χ1n) is 22.2. The number of hydrogen-bond acceptors (Lipinski definition) is 3. The molecule has 1 aliphatic heterocycles. The fraction of sp³-hybridized carbons (Fsp3) is 0.0678. The van der Waals surface area contributed by atoms with Gasteiger partial charge in [0.1, 0.15) is 11.6 Å². The fourth-order valence-electron chi connectivity index (χ4n) is 9.57. The van der Waals surface area contributed by atoms with Crippen LogP contribution < -0.4 is 0 Å². The van der Waals surface area contributed by atoms with E-state index in [1.54, 1.807) is 0 Å². The summed E-state index contributed by atoms with van der Waals surface area (Å²) in [5.41, 5.74) is 19.2. The van der Waals surface area contributed by atoms with Gasteiger partial charge in [0.2, 0.25) is 0 Å². The molecule has 0 N–H and O–H groups in total. The van der Waals surface area contributed by atoms with Gasteiger partial charge in [-0.1, -0.05) is 170 Å². The number of fused-ring (bicyclic) bond motifs is 3. The summed E-state index contributed by atoms with van der Waals surface area (Å²) in [6, 6.07) is 64.2. The number of nitrogens with zero attached hydrogens (tertiary/aromatic N) is 5. The zero-order valence-corrected chi connectivity index (χ0v) is 35.2. The second-order valence-electron chi connectivity index (χ2n) is 16.7. The third-order valence-corrected chi connectivity index (χ3v) is 12.8. The van der Waals surface area contributed by atoms with Crippen molar-refractivity contribution in [1.82, 2.24) is 19.1 Å². The van der Waals surface area contributed by atoms with Crippen molar-refractivity contribution in [2.24, 2.45) is 10.9 Å². The third-order valence-electron chi connectivity index (χ3n) is 12.8. The van der Waals surface area contributed by atoms with E-state index in [0.29, 0.717) is 5.92 Å². The SMILES string of the molecule is C1=CCC2C=C(C3=CC=C(c4ccc5c(c4)nc(-c4ccccc4)n5-c4ccccc4)CC3)N=C(c3ccc(-c4ccc5c(c4)nc(-c4ccccc4)n5-c4ccccc4)cc3)C2=C1. The molecular formula is C59H43N5. The Kier molecular flexibility index (Phi) is 9.37. The lowest BCUT2D eigenvalue weighted by molar-refractivity contribution is 0.773. The zero-order chi connectivity index (χ0) is 42.4. The van der Waals surface area contributed by atoms with Crippen LogP contribution in [0.2, 0.25) is 0 Å². The number of aromatic nitrogens is 4. The maximum atomic E-state index is 5.43. The van der Waals surface area contributed by atoms with Gasteiger partial charge in [0, 0.05) is 34.0 Å². The van der Waals surface area contributed by atoms with E-state index in [-0.39, 0.29) is 0 Å². The number of para-hydroxylation sites is 2. The van der Waals surface area contributed by atoms with E-state index >= 15 is 0 Å². The van der Waals surface area contributed by atoms with Crippen molar-refractivity contribution in [3.63, 3.8) is 0 Å². The molecule has 0 amide bonds. The van der Waals surface area contributed by atoms with E-state index in [1.165, 1.54) is 22.3 Å². The van der Waals surface area contributed by atoms with Crippen LogP contribution in [-0.2, 0) is 0 Å². The van der Waals surface area contributed by atoms with E-state index in [9.17, 15) is 0 Å². The lowest BCUT2D eigenvalue weighted by Crippen LogP contribution is -2.19. The average Bonchev–Trinajstić information content (AvgIpc) is 3.96. The molecule has 2 aromatic heterocycles. The van der Waals surface area contributed by atoms with Gasteiger partial charge < -0.3 is 0 Å². The van der Waals surface area contributed by atoms with Gasteiger partial charge in [0.05, 0.1) is 33.5 Å². The highest BCUT2D eigenvalue weighted by Gasteiger charge is 2.27. The quantitative estimate of drug-likeness (QED) is 0.153. The van der Waals surface area contributed by atoms with Gasteiger partial charge in [-0.15, -0.1) is 0 Å².